The second-order valence-corrected chi connectivity index (χ2v) is 11.4. The van der Waals surface area contributed by atoms with Crippen LogP contribution in [0.25, 0.3) is 0 Å². The Bertz CT molecular complexity index is 921. The van der Waals surface area contributed by atoms with Crippen molar-refractivity contribution in [1.29, 1.82) is 0 Å². The van der Waals surface area contributed by atoms with Crippen molar-refractivity contribution in [3.8, 4) is 0 Å². The van der Waals surface area contributed by atoms with Crippen molar-refractivity contribution in [3.05, 3.63) is 24.3 Å². The number of para-hydroxylation sites is 2. The van der Waals surface area contributed by atoms with Gasteiger partial charge < -0.3 is 20.4 Å². The van der Waals surface area contributed by atoms with E-state index in [0.29, 0.717) is 49.6 Å². The number of hydrogen-bond acceptors (Lipinski definition) is 4. The molecule has 1 heterocycles. The molecule has 1 aromatic rings. The van der Waals surface area contributed by atoms with Crippen molar-refractivity contribution in [2.75, 3.05) is 22.9 Å². The molecule has 37 heavy (non-hydrogen) atoms. The lowest BCUT2D eigenvalue weighted by Crippen LogP contribution is -2.59. The highest BCUT2D eigenvalue weighted by atomic mass is 16.2. The maximum absolute atomic E-state index is 13.8. The summed E-state index contributed by atoms with van der Waals surface area (Å²) in [5, 5.41) is 5.63. The lowest BCUT2D eigenvalue weighted by atomic mass is 10.0. The van der Waals surface area contributed by atoms with Gasteiger partial charge in [-0.15, -0.1) is 0 Å². The van der Waals surface area contributed by atoms with E-state index in [9.17, 15) is 19.2 Å². The average Bonchev–Trinajstić information content (AvgIpc) is 3.33. The number of fused-ring (bicyclic) bond motifs is 1. The highest BCUT2D eigenvalue weighted by Crippen LogP contribution is 2.34. The van der Waals surface area contributed by atoms with E-state index in [1.807, 2.05) is 58.9 Å². The Hall–Kier alpha value is -2.90. The summed E-state index contributed by atoms with van der Waals surface area (Å²) < 4.78 is 0. The molecule has 1 saturated carbocycles. The third kappa shape index (κ3) is 7.33. The first-order valence-electron chi connectivity index (χ1n) is 13.9. The Kier molecular flexibility index (Phi) is 10.1. The van der Waals surface area contributed by atoms with Crippen molar-refractivity contribution >= 4 is 35.0 Å². The van der Waals surface area contributed by atoms with Crippen molar-refractivity contribution in [2.24, 2.45) is 17.8 Å². The molecule has 0 spiro atoms. The zero-order valence-corrected chi connectivity index (χ0v) is 23.1. The summed E-state index contributed by atoms with van der Waals surface area (Å²) in [7, 11) is 0. The maximum Gasteiger partial charge on any atom is 0.259 e. The Morgan fingerprint density at radius 2 is 1.43 bits per heavy atom. The van der Waals surface area contributed by atoms with E-state index in [0.717, 1.165) is 25.7 Å². The third-order valence-corrected chi connectivity index (χ3v) is 7.05. The van der Waals surface area contributed by atoms with E-state index < -0.39 is 29.8 Å². The minimum atomic E-state index is -1.36. The number of nitrogens with zero attached hydrogens (tertiary/aromatic N) is 2. The van der Waals surface area contributed by atoms with Gasteiger partial charge in [0, 0.05) is 19.5 Å². The summed E-state index contributed by atoms with van der Waals surface area (Å²) in [6.45, 7) is 10.8. The smallest absolute Gasteiger partial charge is 0.259 e. The average molecular weight is 513 g/mol. The summed E-state index contributed by atoms with van der Waals surface area (Å²) in [5.41, 5.74) is 1.34. The van der Waals surface area contributed by atoms with Gasteiger partial charge in [0.1, 0.15) is 6.04 Å². The Balaban J connectivity index is 1.87. The molecule has 1 fully saturated rings. The van der Waals surface area contributed by atoms with E-state index in [2.05, 4.69) is 10.6 Å². The first kappa shape index (κ1) is 28.7. The summed E-state index contributed by atoms with van der Waals surface area (Å²) in [5.74, 6) is -0.854. The molecule has 1 aliphatic carbocycles. The standard InChI is InChI=1S/C29H44N4O4/c1-6-11-22(30-25(34)16-21-12-7-8-13-21)27(35)31-26-28(36)32(17-19(2)3)23-14-9-10-15-24(23)33(29(26)37)18-20(4)5/h9-10,14-15,19-22,26H,6-8,11-13,16-18H2,1-5H3,(H,30,34)(H,31,35)/t22-/m0/s1. The molecule has 0 bridgehead atoms. The molecule has 0 radical (unpaired) electrons. The van der Waals surface area contributed by atoms with Gasteiger partial charge in [-0.2, -0.15) is 0 Å². The molecule has 4 amide bonds. The van der Waals surface area contributed by atoms with Gasteiger partial charge in [-0.3, -0.25) is 19.2 Å². The summed E-state index contributed by atoms with van der Waals surface area (Å²) in [6.07, 6.45) is 5.90. The number of rotatable bonds is 11. The molecule has 0 aromatic heterocycles. The van der Waals surface area contributed by atoms with Crippen LogP contribution in [0.2, 0.25) is 0 Å². The fourth-order valence-corrected chi connectivity index (χ4v) is 5.34. The van der Waals surface area contributed by atoms with E-state index in [1.54, 1.807) is 9.80 Å². The first-order valence-corrected chi connectivity index (χ1v) is 13.9. The van der Waals surface area contributed by atoms with Gasteiger partial charge in [0.05, 0.1) is 11.4 Å². The van der Waals surface area contributed by atoms with Crippen LogP contribution in [-0.4, -0.2) is 48.8 Å². The van der Waals surface area contributed by atoms with Crippen LogP contribution in [0.15, 0.2) is 24.3 Å². The molecule has 0 saturated heterocycles. The molecule has 204 valence electrons. The molecule has 1 aliphatic heterocycles. The monoisotopic (exact) mass is 512 g/mol. The Morgan fingerprint density at radius 1 is 0.919 bits per heavy atom. The van der Waals surface area contributed by atoms with Crippen LogP contribution in [0.3, 0.4) is 0 Å². The Morgan fingerprint density at radius 3 is 1.89 bits per heavy atom. The summed E-state index contributed by atoms with van der Waals surface area (Å²) in [4.78, 5) is 57.1. The number of carbonyl (C=O) groups excluding carboxylic acids is 4. The SMILES string of the molecule is CCC[C@H](NC(=O)CC1CCCC1)C(=O)NC1C(=O)N(CC(C)C)c2ccccc2N(CC(C)C)C1=O. The van der Waals surface area contributed by atoms with Crippen LogP contribution < -0.4 is 20.4 Å². The van der Waals surface area contributed by atoms with Gasteiger partial charge in [-0.1, -0.05) is 66.0 Å². The molecule has 2 N–H and O–H groups in total. The van der Waals surface area contributed by atoms with E-state index in [4.69, 9.17) is 0 Å². The molecule has 8 heteroatoms. The van der Waals surface area contributed by atoms with E-state index in [-0.39, 0.29) is 17.7 Å². The number of benzene rings is 1. The van der Waals surface area contributed by atoms with Gasteiger partial charge in [0.25, 0.3) is 11.8 Å². The normalized spacial score (nSPS) is 17.8. The number of nitrogens with one attached hydrogen (secondary N) is 2. The highest BCUT2D eigenvalue weighted by Gasteiger charge is 2.42. The predicted octanol–water partition coefficient (Wildman–Crippen LogP) is 4.03. The molecule has 1 aromatic carbocycles. The molecule has 3 rings (SSSR count). The minimum Gasteiger partial charge on any atom is -0.344 e. The molecule has 2 aliphatic rings. The molecular formula is C29H44N4O4. The van der Waals surface area contributed by atoms with Crippen molar-refractivity contribution in [1.82, 2.24) is 10.6 Å². The highest BCUT2D eigenvalue weighted by molar-refractivity contribution is 6.21. The number of amides is 4. The lowest BCUT2D eigenvalue weighted by Gasteiger charge is -2.27. The molecule has 0 unspecified atom stereocenters. The Labute approximate surface area is 221 Å². The van der Waals surface area contributed by atoms with Gasteiger partial charge in [0.2, 0.25) is 11.8 Å². The number of carbonyl (C=O) groups is 4. The zero-order chi connectivity index (χ0) is 27.1. The fraction of sp³-hybridized carbons (Fsp3) is 0.655. The van der Waals surface area contributed by atoms with Crippen molar-refractivity contribution < 1.29 is 19.2 Å². The minimum absolute atomic E-state index is 0.144. The van der Waals surface area contributed by atoms with Crippen LogP contribution in [-0.2, 0) is 19.2 Å². The van der Waals surface area contributed by atoms with Gasteiger partial charge in [0.15, 0.2) is 6.04 Å². The second-order valence-electron chi connectivity index (χ2n) is 11.4. The quantitative estimate of drug-likeness (QED) is 0.438. The van der Waals surface area contributed by atoms with E-state index >= 15 is 0 Å². The van der Waals surface area contributed by atoms with Crippen molar-refractivity contribution in [2.45, 2.75) is 91.6 Å². The maximum atomic E-state index is 13.8. The van der Waals surface area contributed by atoms with Crippen LogP contribution in [0.4, 0.5) is 11.4 Å². The number of hydrogen-bond donors (Lipinski definition) is 2. The third-order valence-electron chi connectivity index (χ3n) is 7.05. The van der Waals surface area contributed by atoms with E-state index in [1.165, 1.54) is 0 Å². The molecular weight excluding hydrogens is 468 g/mol. The zero-order valence-electron chi connectivity index (χ0n) is 23.1. The lowest BCUT2D eigenvalue weighted by molar-refractivity contribution is -0.135. The van der Waals surface area contributed by atoms with Crippen LogP contribution in [0.1, 0.15) is 79.6 Å². The van der Waals surface area contributed by atoms with Gasteiger partial charge >= 0.3 is 0 Å². The second kappa shape index (κ2) is 13.1. The van der Waals surface area contributed by atoms with Crippen molar-refractivity contribution in [3.63, 3.8) is 0 Å². The largest absolute Gasteiger partial charge is 0.344 e. The predicted molar refractivity (Wildman–Crippen MR) is 146 cm³/mol. The fourth-order valence-electron chi connectivity index (χ4n) is 5.34. The van der Waals surface area contributed by atoms with Crippen LogP contribution in [0.5, 0.6) is 0 Å². The molecule has 1 atom stereocenters. The number of anilines is 2. The van der Waals surface area contributed by atoms with Crippen LogP contribution in [0, 0.1) is 17.8 Å². The first-order chi connectivity index (χ1) is 17.6. The topological polar surface area (TPSA) is 98.8 Å². The molecule has 8 nitrogen and oxygen atoms in total. The van der Waals surface area contributed by atoms with Crippen LogP contribution >= 0.6 is 0 Å². The summed E-state index contributed by atoms with van der Waals surface area (Å²) in [6, 6.07) is 5.26. The summed E-state index contributed by atoms with van der Waals surface area (Å²) >= 11 is 0. The van der Waals surface area contributed by atoms with Gasteiger partial charge in [-0.25, -0.2) is 0 Å². The van der Waals surface area contributed by atoms with Gasteiger partial charge in [-0.05, 0) is 49.1 Å².